The maximum absolute atomic E-state index is 9.65. The van der Waals surface area contributed by atoms with Gasteiger partial charge in [-0.15, -0.1) is 6.92 Å². The van der Waals surface area contributed by atoms with Crippen molar-refractivity contribution in [2.75, 3.05) is 0 Å². The maximum Gasteiger partial charge on any atom is 0.115 e. The molecule has 1 aromatic rings. The van der Waals surface area contributed by atoms with Gasteiger partial charge < -0.3 is 5.11 Å². The topological polar surface area (TPSA) is 20.2 Å². The molecular weight excluding hydrogens is 356 g/mol. The van der Waals surface area contributed by atoms with Gasteiger partial charge in [0, 0.05) is 21.7 Å². The van der Waals surface area contributed by atoms with E-state index in [4.69, 9.17) is 0 Å². The van der Waals surface area contributed by atoms with E-state index in [2.05, 4.69) is 73.7 Å². The molecular formula is C22H35OSiTi-. The van der Waals surface area contributed by atoms with Crippen LogP contribution in [-0.2, 0) is 21.7 Å². The first kappa shape index (κ1) is 24.4. The van der Waals surface area contributed by atoms with Crippen LogP contribution in [0.15, 0.2) is 34.9 Å². The van der Waals surface area contributed by atoms with Crippen molar-refractivity contribution in [1.29, 1.82) is 0 Å². The van der Waals surface area contributed by atoms with Crippen molar-refractivity contribution in [3.63, 3.8) is 0 Å². The molecule has 0 bridgehead atoms. The molecule has 3 heteroatoms. The van der Waals surface area contributed by atoms with Gasteiger partial charge in [-0.25, -0.2) is 5.57 Å². The van der Waals surface area contributed by atoms with Crippen molar-refractivity contribution in [2.45, 2.75) is 73.5 Å². The van der Waals surface area contributed by atoms with E-state index in [0.29, 0.717) is 16.7 Å². The average molecular weight is 391 g/mol. The van der Waals surface area contributed by atoms with E-state index in [-0.39, 0.29) is 21.7 Å². The van der Waals surface area contributed by atoms with Crippen LogP contribution in [0.25, 0.3) is 0 Å². The summed E-state index contributed by atoms with van der Waals surface area (Å²) >= 11 is 0. The van der Waals surface area contributed by atoms with E-state index in [1.807, 2.05) is 19.1 Å². The van der Waals surface area contributed by atoms with Gasteiger partial charge in [-0.1, -0.05) is 71.8 Å². The Morgan fingerprint density at radius 2 is 1.52 bits per heavy atom. The third kappa shape index (κ3) is 5.98. The summed E-state index contributed by atoms with van der Waals surface area (Å²) < 4.78 is 0. The van der Waals surface area contributed by atoms with Crippen molar-refractivity contribution < 1.29 is 26.8 Å². The fraction of sp³-hybridized carbons (Fsp3) is 0.545. The smallest absolute Gasteiger partial charge is 0.115 e. The molecule has 138 valence electrons. The van der Waals surface area contributed by atoms with Gasteiger partial charge in [0.15, 0.2) is 0 Å². The zero-order chi connectivity index (χ0) is 18.9. The van der Waals surface area contributed by atoms with Gasteiger partial charge >= 0.3 is 0 Å². The Balaban J connectivity index is 0.000000495. The van der Waals surface area contributed by atoms with Crippen LogP contribution in [0.5, 0.6) is 5.75 Å². The van der Waals surface area contributed by atoms with Gasteiger partial charge in [0.05, 0.1) is 8.07 Å². The average Bonchev–Trinajstić information content (AvgIpc) is 2.64. The Kier molecular flexibility index (Phi) is 8.68. The summed E-state index contributed by atoms with van der Waals surface area (Å²) in [5.74, 6) is 0.958. The van der Waals surface area contributed by atoms with Crippen molar-refractivity contribution in [3.8, 4) is 5.75 Å². The van der Waals surface area contributed by atoms with Gasteiger partial charge in [-0.05, 0) is 29.7 Å². The summed E-state index contributed by atoms with van der Waals surface area (Å²) in [4.78, 5) is 0. The minimum atomic E-state index is -1.50. The number of aromatic hydroxyl groups is 1. The molecule has 25 heavy (non-hydrogen) atoms. The summed E-state index contributed by atoms with van der Waals surface area (Å²) in [5, 5.41) is 11.3. The zero-order valence-corrected chi connectivity index (χ0v) is 20.3. The first-order valence-corrected chi connectivity index (χ1v) is 11.9. The molecule has 0 spiro atoms. The zero-order valence-electron chi connectivity index (χ0n) is 17.8. The number of aryl methyl sites for hydroxylation is 1. The molecule has 1 aromatic carbocycles. The van der Waals surface area contributed by atoms with Gasteiger partial charge in [-0.3, -0.25) is 6.08 Å². The molecule has 1 aliphatic rings. The Bertz CT molecular complexity index is 643. The normalized spacial score (nSPS) is 17.5. The largest absolute Gasteiger partial charge is 0.508 e. The third-order valence-corrected chi connectivity index (χ3v) is 11.4. The van der Waals surface area contributed by atoms with Crippen LogP contribution < -0.4 is 5.19 Å². The molecule has 1 unspecified atom stereocenters. The number of allylic oxidation sites excluding steroid dienone is 4. The van der Waals surface area contributed by atoms with Crippen molar-refractivity contribution in [1.82, 2.24) is 0 Å². The molecule has 0 radical (unpaired) electrons. The quantitative estimate of drug-likeness (QED) is 0.451. The summed E-state index contributed by atoms with van der Waals surface area (Å²) in [7, 11) is -1.50. The first-order chi connectivity index (χ1) is 10.8. The van der Waals surface area contributed by atoms with E-state index in [1.54, 1.807) is 0 Å². The van der Waals surface area contributed by atoms with E-state index in [0.717, 1.165) is 5.56 Å². The van der Waals surface area contributed by atoms with Crippen LogP contribution in [0.2, 0.25) is 18.1 Å². The summed E-state index contributed by atoms with van der Waals surface area (Å²) in [6.07, 6.45) is 3.36. The molecule has 0 saturated carbocycles. The van der Waals surface area contributed by atoms with Crippen molar-refractivity contribution in [2.24, 2.45) is 5.92 Å². The maximum atomic E-state index is 9.65. The molecule has 2 rings (SSSR count). The predicted octanol–water partition coefficient (Wildman–Crippen LogP) is 6.14. The monoisotopic (exact) mass is 391 g/mol. The Morgan fingerprint density at radius 1 is 1.00 bits per heavy atom. The second-order valence-electron chi connectivity index (χ2n) is 8.73. The van der Waals surface area contributed by atoms with E-state index in [1.165, 1.54) is 21.9 Å². The van der Waals surface area contributed by atoms with Gasteiger partial charge in [0.25, 0.3) is 0 Å². The Labute approximate surface area is 171 Å². The molecule has 1 atom stereocenters. The molecule has 1 aliphatic carbocycles. The second kappa shape index (κ2) is 8.88. The number of phenols is 1. The van der Waals surface area contributed by atoms with E-state index >= 15 is 0 Å². The van der Waals surface area contributed by atoms with Crippen molar-refractivity contribution in [3.05, 3.63) is 46.6 Å². The minimum Gasteiger partial charge on any atom is -0.508 e. The number of phenolic OH excluding ortho intramolecular Hbond substituents is 1. The standard InChI is InChI=1S/C13H22OSi.C9H13.Ti/c1-10-7-11(14)9-12(8-10)15(5,6)13(2,3)4;1-6-5-7(2)9(4)8(6)3;/h7-9,14H,1-6H3;6H,1-4H3;/q;-1;. The van der Waals surface area contributed by atoms with Crippen LogP contribution in [0.3, 0.4) is 0 Å². The fourth-order valence-corrected chi connectivity index (χ4v) is 4.68. The number of hydrogen-bond acceptors (Lipinski definition) is 1. The van der Waals surface area contributed by atoms with Gasteiger partial charge in [-0.2, -0.15) is 11.1 Å². The third-order valence-electron chi connectivity index (χ3n) is 5.90. The van der Waals surface area contributed by atoms with Crippen molar-refractivity contribution >= 4 is 13.3 Å². The van der Waals surface area contributed by atoms with Gasteiger partial charge in [0.1, 0.15) is 5.75 Å². The molecule has 0 heterocycles. The van der Waals surface area contributed by atoms with E-state index in [9.17, 15) is 5.11 Å². The van der Waals surface area contributed by atoms with Crippen LogP contribution in [-0.4, -0.2) is 13.2 Å². The Hall–Kier alpha value is -0.569. The molecule has 1 N–H and O–H groups in total. The predicted molar refractivity (Wildman–Crippen MR) is 110 cm³/mol. The molecule has 0 fully saturated rings. The van der Waals surface area contributed by atoms with Crippen LogP contribution >= 0.6 is 0 Å². The number of benzene rings is 1. The fourth-order valence-electron chi connectivity index (χ4n) is 2.72. The number of rotatable bonds is 1. The van der Waals surface area contributed by atoms with Crippen LogP contribution in [0.4, 0.5) is 0 Å². The Morgan fingerprint density at radius 3 is 1.80 bits per heavy atom. The SMILES string of the molecule is CC1=[C-]C(C)C(C)=C1C.Cc1cc(O)cc([Si](C)(C)C(C)(C)C)c1.[Ti]. The molecule has 0 aromatic heterocycles. The minimum absolute atomic E-state index is 0. The van der Waals surface area contributed by atoms with E-state index < -0.39 is 8.07 Å². The molecule has 0 amide bonds. The van der Waals surface area contributed by atoms with Crippen LogP contribution in [0, 0.1) is 18.9 Å². The summed E-state index contributed by atoms with van der Waals surface area (Å²) in [6, 6.07) is 5.97. The van der Waals surface area contributed by atoms with Gasteiger partial charge in [0.2, 0.25) is 0 Å². The van der Waals surface area contributed by atoms with Crippen LogP contribution in [0.1, 0.15) is 54.0 Å². The molecule has 0 aliphatic heterocycles. The second-order valence-corrected chi connectivity index (χ2v) is 14.1. The summed E-state index contributed by atoms with van der Waals surface area (Å²) in [6.45, 7) is 22.3. The summed E-state index contributed by atoms with van der Waals surface area (Å²) in [5.41, 5.74) is 5.39. The number of hydrogen-bond donors (Lipinski definition) is 1. The molecule has 1 nitrogen and oxygen atoms in total. The first-order valence-electron chi connectivity index (χ1n) is 8.86. The molecule has 0 saturated heterocycles.